The van der Waals surface area contributed by atoms with E-state index in [9.17, 15) is 18.8 Å². The number of thioether (sulfide) groups is 1. The van der Waals surface area contributed by atoms with Crippen LogP contribution in [-0.4, -0.2) is 16.6 Å². The summed E-state index contributed by atoms with van der Waals surface area (Å²) in [5.74, 6) is -1.42. The second-order valence-electron chi connectivity index (χ2n) is 6.24. The van der Waals surface area contributed by atoms with E-state index in [1.54, 1.807) is 36.4 Å². The monoisotopic (exact) mass is 395 g/mol. The first-order chi connectivity index (χ1) is 13.0. The molecule has 0 bridgehead atoms. The van der Waals surface area contributed by atoms with Crippen molar-refractivity contribution in [3.05, 3.63) is 96.1 Å². The summed E-state index contributed by atoms with van der Waals surface area (Å²) in [5.41, 5.74) is 1.76. The van der Waals surface area contributed by atoms with Crippen LogP contribution in [0, 0.1) is 5.82 Å². The minimum Gasteiger partial charge on any atom is -0.307 e. The van der Waals surface area contributed by atoms with Crippen LogP contribution in [0.15, 0.2) is 68.8 Å². The first kappa shape index (κ1) is 16.4. The van der Waals surface area contributed by atoms with Crippen LogP contribution in [0.4, 0.5) is 4.39 Å². The van der Waals surface area contributed by atoms with Gasteiger partial charge in [-0.05, 0) is 17.7 Å². The van der Waals surface area contributed by atoms with Gasteiger partial charge in [-0.25, -0.2) is 4.39 Å². The molecule has 1 aliphatic heterocycles. The molecule has 1 aliphatic carbocycles. The number of H-pyrrole nitrogens is 1. The molecule has 132 valence electrons. The molecule has 2 heterocycles. The fourth-order valence-electron chi connectivity index (χ4n) is 3.53. The number of hydrogen-bond donors (Lipinski definition) is 1. The van der Waals surface area contributed by atoms with Crippen LogP contribution >= 0.6 is 23.1 Å². The second-order valence-corrected chi connectivity index (χ2v) is 8.28. The molecule has 1 N–H and O–H groups in total. The van der Waals surface area contributed by atoms with E-state index in [1.807, 2.05) is 0 Å². The predicted molar refractivity (Wildman–Crippen MR) is 101 cm³/mol. The normalized spacial score (nSPS) is 18.2. The zero-order chi connectivity index (χ0) is 18.7. The molecule has 7 heteroatoms. The number of aromatic amines is 1. The van der Waals surface area contributed by atoms with Crippen LogP contribution in [0.1, 0.15) is 37.1 Å². The van der Waals surface area contributed by atoms with Crippen molar-refractivity contribution in [2.24, 2.45) is 0 Å². The Balaban J connectivity index is 1.79. The summed E-state index contributed by atoms with van der Waals surface area (Å²) < 4.78 is 13.4. The lowest BCUT2D eigenvalue weighted by Gasteiger charge is -2.30. The molecule has 5 rings (SSSR count). The number of hydrogen-bond acceptors (Lipinski definition) is 5. The molecule has 1 aromatic heterocycles. The Kier molecular flexibility index (Phi) is 3.57. The maximum Gasteiger partial charge on any atom is 0.305 e. The van der Waals surface area contributed by atoms with Crippen molar-refractivity contribution < 1.29 is 14.0 Å². The molecule has 2 aliphatic rings. The van der Waals surface area contributed by atoms with Gasteiger partial charge in [0, 0.05) is 16.7 Å². The molecule has 0 saturated carbocycles. The molecule has 0 saturated heterocycles. The number of carbonyl (C=O) groups is 2. The number of carbonyl (C=O) groups excluding carboxylic acids is 2. The van der Waals surface area contributed by atoms with E-state index in [0.717, 1.165) is 23.1 Å². The number of fused-ring (bicyclic) bond motifs is 2. The third kappa shape index (κ3) is 2.39. The molecular formula is C20H10FNO3S2. The fraction of sp³-hybridized carbons (Fsp3) is 0.0500. The molecule has 1 atom stereocenters. The van der Waals surface area contributed by atoms with E-state index in [-0.39, 0.29) is 16.4 Å². The standard InChI is InChI=1S/C20H10FNO3S2/c21-10-7-5-9(6-8-10)13-14-15(23)11-3-1-2-4-12(11)16(24)17(14)26-19-18(13)27-20(25)22-19/h1-8,13H,(H,22,25)/t13-/m0/s1. The zero-order valence-corrected chi connectivity index (χ0v) is 15.2. The first-order valence-electron chi connectivity index (χ1n) is 8.13. The Labute approximate surface area is 160 Å². The fourth-order valence-corrected chi connectivity index (χ4v) is 5.81. The van der Waals surface area contributed by atoms with E-state index in [4.69, 9.17) is 0 Å². The SMILES string of the molecule is O=C1C2=C(C(=O)c3ccccc31)[C@H](c1ccc(F)cc1)c1sc(=O)[nH]c1S2. The van der Waals surface area contributed by atoms with Gasteiger partial charge < -0.3 is 4.98 Å². The highest BCUT2D eigenvalue weighted by Gasteiger charge is 2.42. The lowest BCUT2D eigenvalue weighted by molar-refractivity contribution is 0.0977. The lowest BCUT2D eigenvalue weighted by atomic mass is 9.79. The molecule has 0 amide bonds. The van der Waals surface area contributed by atoms with E-state index < -0.39 is 11.7 Å². The number of rotatable bonds is 1. The van der Waals surface area contributed by atoms with E-state index in [0.29, 0.717) is 37.1 Å². The van der Waals surface area contributed by atoms with Crippen LogP contribution in [0.25, 0.3) is 0 Å². The Morgan fingerprint density at radius 2 is 1.56 bits per heavy atom. The van der Waals surface area contributed by atoms with Crippen molar-refractivity contribution in [3.8, 4) is 0 Å². The summed E-state index contributed by atoms with van der Waals surface area (Å²) in [5, 5.41) is 0.568. The van der Waals surface area contributed by atoms with Crippen molar-refractivity contribution in [1.82, 2.24) is 4.98 Å². The van der Waals surface area contributed by atoms with Gasteiger partial charge in [0.25, 0.3) is 0 Å². The predicted octanol–water partition coefficient (Wildman–Crippen LogP) is 4.15. The van der Waals surface area contributed by atoms with Gasteiger partial charge in [0.1, 0.15) is 5.82 Å². The smallest absolute Gasteiger partial charge is 0.305 e. The van der Waals surface area contributed by atoms with Crippen LogP contribution < -0.4 is 4.87 Å². The highest BCUT2D eigenvalue weighted by atomic mass is 32.2. The number of benzene rings is 2. The van der Waals surface area contributed by atoms with Gasteiger partial charge in [-0.15, -0.1) is 0 Å². The van der Waals surface area contributed by atoms with Crippen LogP contribution in [0.5, 0.6) is 0 Å². The average molecular weight is 395 g/mol. The molecule has 0 spiro atoms. The van der Waals surface area contributed by atoms with Crippen LogP contribution in [0.2, 0.25) is 0 Å². The minimum absolute atomic E-state index is 0.227. The van der Waals surface area contributed by atoms with Gasteiger partial charge in [-0.1, -0.05) is 59.5 Å². The number of Topliss-reactive ketones (excluding diaryl/α,β-unsaturated/α-hetero) is 2. The summed E-state index contributed by atoms with van der Waals surface area (Å²) in [4.78, 5) is 41.8. The number of ketones is 2. The lowest BCUT2D eigenvalue weighted by Crippen LogP contribution is -2.27. The molecule has 2 aromatic carbocycles. The summed E-state index contributed by atoms with van der Waals surface area (Å²) >= 11 is 2.14. The van der Waals surface area contributed by atoms with Crippen molar-refractivity contribution in [2.75, 3.05) is 0 Å². The summed E-state index contributed by atoms with van der Waals surface area (Å²) in [6.07, 6.45) is 0. The van der Waals surface area contributed by atoms with E-state index in [1.165, 1.54) is 12.1 Å². The van der Waals surface area contributed by atoms with Gasteiger partial charge in [-0.2, -0.15) is 0 Å². The largest absolute Gasteiger partial charge is 0.307 e. The summed E-state index contributed by atoms with van der Waals surface area (Å²) in [6.45, 7) is 0. The highest BCUT2D eigenvalue weighted by molar-refractivity contribution is 8.04. The molecule has 3 aromatic rings. The van der Waals surface area contributed by atoms with Crippen molar-refractivity contribution in [3.63, 3.8) is 0 Å². The maximum absolute atomic E-state index is 13.4. The summed E-state index contributed by atoms with van der Waals surface area (Å²) in [7, 11) is 0. The first-order valence-corrected chi connectivity index (χ1v) is 9.77. The second kappa shape index (κ2) is 5.87. The Hall–Kier alpha value is -2.77. The molecule has 4 nitrogen and oxygen atoms in total. The van der Waals surface area contributed by atoms with E-state index >= 15 is 0 Å². The third-order valence-electron chi connectivity index (χ3n) is 4.71. The topological polar surface area (TPSA) is 67.0 Å². The molecule has 0 unspecified atom stereocenters. The third-order valence-corrected chi connectivity index (χ3v) is 6.92. The van der Waals surface area contributed by atoms with Gasteiger partial charge >= 0.3 is 4.87 Å². The Morgan fingerprint density at radius 3 is 2.26 bits per heavy atom. The minimum atomic E-state index is -0.578. The van der Waals surface area contributed by atoms with Gasteiger partial charge in [0.15, 0.2) is 5.78 Å². The molecule has 0 radical (unpaired) electrons. The Bertz CT molecular complexity index is 1220. The maximum atomic E-state index is 13.4. The van der Waals surface area contributed by atoms with Crippen molar-refractivity contribution in [1.29, 1.82) is 0 Å². The zero-order valence-electron chi connectivity index (χ0n) is 13.6. The van der Waals surface area contributed by atoms with Crippen LogP contribution in [0.3, 0.4) is 0 Å². The number of allylic oxidation sites excluding steroid dienone is 2. The Morgan fingerprint density at radius 1 is 0.889 bits per heavy atom. The van der Waals surface area contributed by atoms with Crippen LogP contribution in [-0.2, 0) is 0 Å². The molecule has 0 fully saturated rings. The van der Waals surface area contributed by atoms with Gasteiger partial charge in [-0.3, -0.25) is 14.4 Å². The highest BCUT2D eigenvalue weighted by Crippen LogP contribution is 2.51. The van der Waals surface area contributed by atoms with Gasteiger partial charge in [0.05, 0.1) is 20.7 Å². The molecular weight excluding hydrogens is 385 g/mol. The number of thiazole rings is 1. The number of halogens is 1. The number of aromatic nitrogens is 1. The van der Waals surface area contributed by atoms with Crippen molar-refractivity contribution >= 4 is 34.7 Å². The summed E-state index contributed by atoms with van der Waals surface area (Å²) in [6, 6.07) is 12.5. The molecule has 27 heavy (non-hydrogen) atoms. The van der Waals surface area contributed by atoms with Gasteiger partial charge in [0.2, 0.25) is 5.78 Å². The van der Waals surface area contributed by atoms with E-state index in [2.05, 4.69) is 4.98 Å². The quantitative estimate of drug-likeness (QED) is 0.672. The number of nitrogens with one attached hydrogen (secondary N) is 1. The van der Waals surface area contributed by atoms with Crippen molar-refractivity contribution in [2.45, 2.75) is 10.9 Å². The average Bonchev–Trinajstić information content (AvgIpc) is 3.05.